The summed E-state index contributed by atoms with van der Waals surface area (Å²) >= 11 is 0. The molecule has 3 heteroatoms. The fraction of sp³-hybridized carbons (Fsp3) is 1.00. The number of hydrogen-bond acceptors (Lipinski definition) is 3. The van der Waals surface area contributed by atoms with Gasteiger partial charge in [0.2, 0.25) is 0 Å². The molecule has 1 N–H and O–H groups in total. The standard InChI is InChI=1S/C11H19NO2/c13-11-3-4-14-7-10(11)12-6-8-1-2-9(12)5-8/h8-11,13H,1-7H2. The van der Waals surface area contributed by atoms with Gasteiger partial charge in [-0.05, 0) is 31.6 Å². The lowest BCUT2D eigenvalue weighted by Crippen LogP contribution is -2.52. The third-order valence-corrected chi connectivity index (χ3v) is 4.17. The maximum atomic E-state index is 9.94. The van der Waals surface area contributed by atoms with Crippen molar-refractivity contribution in [3.63, 3.8) is 0 Å². The van der Waals surface area contributed by atoms with Crippen LogP contribution in [0.15, 0.2) is 0 Å². The molecule has 2 bridgehead atoms. The molecule has 3 nitrogen and oxygen atoms in total. The van der Waals surface area contributed by atoms with E-state index in [1.165, 1.54) is 25.8 Å². The molecule has 0 aromatic rings. The van der Waals surface area contributed by atoms with Crippen LogP contribution in [-0.4, -0.2) is 48.0 Å². The van der Waals surface area contributed by atoms with Gasteiger partial charge in [-0.1, -0.05) is 0 Å². The Bertz CT molecular complexity index is 221. The number of piperidine rings is 1. The first-order valence-electron chi connectivity index (χ1n) is 5.86. The maximum Gasteiger partial charge on any atom is 0.0739 e. The van der Waals surface area contributed by atoms with Crippen LogP contribution in [0.25, 0.3) is 0 Å². The minimum atomic E-state index is -0.150. The molecule has 3 rings (SSSR count). The summed E-state index contributed by atoms with van der Waals surface area (Å²) in [6, 6.07) is 1.04. The average Bonchev–Trinajstić information content (AvgIpc) is 2.79. The summed E-state index contributed by atoms with van der Waals surface area (Å²) in [6.45, 7) is 2.68. The molecule has 3 aliphatic rings. The van der Waals surface area contributed by atoms with E-state index in [1.54, 1.807) is 0 Å². The lowest BCUT2D eigenvalue weighted by atomic mass is 10.0. The molecule has 4 atom stereocenters. The Balaban J connectivity index is 1.69. The quantitative estimate of drug-likeness (QED) is 0.669. The van der Waals surface area contributed by atoms with Crippen LogP contribution in [0.4, 0.5) is 0 Å². The number of aliphatic hydroxyl groups is 1. The minimum Gasteiger partial charge on any atom is -0.391 e. The highest BCUT2D eigenvalue weighted by atomic mass is 16.5. The van der Waals surface area contributed by atoms with E-state index in [9.17, 15) is 5.11 Å². The van der Waals surface area contributed by atoms with Gasteiger partial charge in [-0.25, -0.2) is 0 Å². The Morgan fingerprint density at radius 2 is 2.14 bits per heavy atom. The molecule has 2 aliphatic heterocycles. The van der Waals surface area contributed by atoms with E-state index in [0.29, 0.717) is 6.04 Å². The zero-order chi connectivity index (χ0) is 9.54. The Hall–Kier alpha value is -0.120. The van der Waals surface area contributed by atoms with Crippen molar-refractivity contribution >= 4 is 0 Å². The van der Waals surface area contributed by atoms with E-state index in [-0.39, 0.29) is 6.10 Å². The highest BCUT2D eigenvalue weighted by Crippen LogP contribution is 2.39. The van der Waals surface area contributed by atoms with E-state index < -0.39 is 0 Å². The molecule has 0 radical (unpaired) electrons. The number of nitrogens with zero attached hydrogens (tertiary/aromatic N) is 1. The van der Waals surface area contributed by atoms with Gasteiger partial charge in [0.15, 0.2) is 0 Å². The Labute approximate surface area is 85.0 Å². The fourth-order valence-corrected chi connectivity index (χ4v) is 3.40. The van der Waals surface area contributed by atoms with Crippen molar-refractivity contribution in [3.05, 3.63) is 0 Å². The van der Waals surface area contributed by atoms with Crippen molar-refractivity contribution in [2.45, 2.75) is 43.9 Å². The van der Waals surface area contributed by atoms with Gasteiger partial charge in [-0.3, -0.25) is 4.90 Å². The first-order chi connectivity index (χ1) is 6.84. The van der Waals surface area contributed by atoms with Crippen molar-refractivity contribution in [1.29, 1.82) is 0 Å². The van der Waals surface area contributed by atoms with Crippen LogP contribution >= 0.6 is 0 Å². The van der Waals surface area contributed by atoms with Crippen LogP contribution in [-0.2, 0) is 4.74 Å². The smallest absolute Gasteiger partial charge is 0.0739 e. The number of fused-ring (bicyclic) bond motifs is 2. The molecule has 4 unspecified atom stereocenters. The zero-order valence-corrected chi connectivity index (χ0v) is 8.56. The van der Waals surface area contributed by atoms with Crippen LogP contribution in [0.1, 0.15) is 25.7 Å². The molecule has 1 saturated carbocycles. The number of ether oxygens (including phenoxy) is 1. The van der Waals surface area contributed by atoms with Crippen molar-refractivity contribution in [2.24, 2.45) is 5.92 Å². The van der Waals surface area contributed by atoms with Crippen LogP contribution in [0.5, 0.6) is 0 Å². The van der Waals surface area contributed by atoms with Gasteiger partial charge in [-0.15, -0.1) is 0 Å². The van der Waals surface area contributed by atoms with Gasteiger partial charge in [0.1, 0.15) is 0 Å². The molecule has 0 amide bonds. The number of hydrogen-bond donors (Lipinski definition) is 1. The summed E-state index contributed by atoms with van der Waals surface area (Å²) in [5.74, 6) is 0.911. The molecule has 3 fully saturated rings. The second-order valence-electron chi connectivity index (χ2n) is 5.03. The van der Waals surface area contributed by atoms with Crippen LogP contribution in [0.3, 0.4) is 0 Å². The predicted octanol–water partition coefficient (Wildman–Crippen LogP) is 0.620. The topological polar surface area (TPSA) is 32.7 Å². The summed E-state index contributed by atoms with van der Waals surface area (Å²) in [5, 5.41) is 9.94. The SMILES string of the molecule is OC1CCOCC1N1CC2CCC1C2. The normalized spacial score (nSPS) is 48.6. The molecule has 2 saturated heterocycles. The number of rotatable bonds is 1. The lowest BCUT2D eigenvalue weighted by Gasteiger charge is -2.39. The third kappa shape index (κ3) is 1.38. The van der Waals surface area contributed by atoms with E-state index >= 15 is 0 Å². The monoisotopic (exact) mass is 197 g/mol. The summed E-state index contributed by atoms with van der Waals surface area (Å²) in [5.41, 5.74) is 0. The largest absolute Gasteiger partial charge is 0.391 e. The van der Waals surface area contributed by atoms with Crippen LogP contribution in [0, 0.1) is 5.92 Å². The van der Waals surface area contributed by atoms with Crippen molar-refractivity contribution in [1.82, 2.24) is 4.90 Å². The van der Waals surface area contributed by atoms with Gasteiger partial charge >= 0.3 is 0 Å². The van der Waals surface area contributed by atoms with Crippen molar-refractivity contribution < 1.29 is 9.84 Å². The van der Waals surface area contributed by atoms with Gasteiger partial charge in [0.05, 0.1) is 18.8 Å². The summed E-state index contributed by atoms with van der Waals surface area (Å²) < 4.78 is 5.47. The molecule has 2 heterocycles. The highest BCUT2D eigenvalue weighted by molar-refractivity contribution is 4.97. The van der Waals surface area contributed by atoms with Crippen LogP contribution < -0.4 is 0 Å². The first kappa shape index (κ1) is 9.13. The molecule has 0 aromatic heterocycles. The molecule has 80 valence electrons. The lowest BCUT2D eigenvalue weighted by molar-refractivity contribution is -0.0693. The van der Waals surface area contributed by atoms with Gasteiger partial charge in [0.25, 0.3) is 0 Å². The first-order valence-corrected chi connectivity index (χ1v) is 5.86. The Morgan fingerprint density at radius 3 is 2.79 bits per heavy atom. The van der Waals surface area contributed by atoms with Crippen molar-refractivity contribution in [3.8, 4) is 0 Å². The fourth-order valence-electron chi connectivity index (χ4n) is 3.40. The molecule has 0 aromatic carbocycles. The second kappa shape index (κ2) is 3.47. The Kier molecular flexibility index (Phi) is 2.26. The molecular formula is C11H19NO2. The maximum absolute atomic E-state index is 9.94. The number of likely N-dealkylation sites (tertiary alicyclic amines) is 1. The molecule has 1 aliphatic carbocycles. The molecule has 0 spiro atoms. The van der Waals surface area contributed by atoms with Crippen LogP contribution in [0.2, 0.25) is 0 Å². The minimum absolute atomic E-state index is 0.150. The predicted molar refractivity (Wildman–Crippen MR) is 53.1 cm³/mol. The van der Waals surface area contributed by atoms with E-state index in [2.05, 4.69) is 4.90 Å². The van der Waals surface area contributed by atoms with E-state index in [4.69, 9.17) is 4.74 Å². The highest BCUT2D eigenvalue weighted by Gasteiger charge is 2.43. The third-order valence-electron chi connectivity index (χ3n) is 4.17. The summed E-state index contributed by atoms with van der Waals surface area (Å²) in [6.07, 6.45) is 4.78. The second-order valence-corrected chi connectivity index (χ2v) is 5.03. The van der Waals surface area contributed by atoms with Gasteiger partial charge in [-0.2, -0.15) is 0 Å². The zero-order valence-electron chi connectivity index (χ0n) is 8.56. The number of aliphatic hydroxyl groups excluding tert-OH is 1. The van der Waals surface area contributed by atoms with E-state index in [1.807, 2.05) is 0 Å². The molecular weight excluding hydrogens is 178 g/mol. The summed E-state index contributed by atoms with van der Waals surface area (Å²) in [4.78, 5) is 2.51. The molecule has 14 heavy (non-hydrogen) atoms. The Morgan fingerprint density at radius 1 is 1.21 bits per heavy atom. The van der Waals surface area contributed by atoms with Gasteiger partial charge in [0, 0.05) is 19.2 Å². The average molecular weight is 197 g/mol. The summed E-state index contributed by atoms with van der Waals surface area (Å²) in [7, 11) is 0. The van der Waals surface area contributed by atoms with E-state index in [0.717, 1.165) is 31.6 Å². The van der Waals surface area contributed by atoms with Crippen molar-refractivity contribution in [2.75, 3.05) is 19.8 Å². The van der Waals surface area contributed by atoms with Gasteiger partial charge < -0.3 is 9.84 Å².